The standard InChI is InChI=1S/C20H29FN4O.C10H13N.C3H8/c1-7-17(24-13(3)26-20(4,5)6)18(14-8-9-14)25-19-16(21)10-15(11-22)12(2)23-19;1-8-4-5-9(2)10(6-8)7-11-3;1-3-2/h10,14,17-18,24H,3,7-9H2,1-2,4-6H3,(H,23,25);4-7H,1-3H3;3H2,1-2H3. The summed E-state index contributed by atoms with van der Waals surface area (Å²) in [5.74, 6) is 0.659. The number of nitrogens with zero attached hydrogens (tertiary/aromatic N) is 3. The van der Waals surface area contributed by atoms with Crippen LogP contribution < -0.4 is 10.6 Å². The fourth-order valence-electron chi connectivity index (χ4n) is 4.05. The molecule has 0 amide bonds. The molecule has 0 radical (unpaired) electrons. The predicted octanol–water partition coefficient (Wildman–Crippen LogP) is 8.01. The topological polar surface area (TPSA) is 82.3 Å². The molecule has 7 heteroatoms. The number of hydrogen-bond donors (Lipinski definition) is 2. The van der Waals surface area contributed by atoms with Crippen molar-refractivity contribution in [1.82, 2.24) is 10.3 Å². The number of ether oxygens (including phenoxy) is 1. The summed E-state index contributed by atoms with van der Waals surface area (Å²) in [5.41, 5.74) is 4.22. The molecule has 1 aromatic carbocycles. The Morgan fingerprint density at radius 1 is 1.23 bits per heavy atom. The van der Waals surface area contributed by atoms with E-state index in [1.54, 1.807) is 14.0 Å². The first-order valence-electron chi connectivity index (χ1n) is 14.3. The molecule has 220 valence electrons. The molecule has 1 heterocycles. The summed E-state index contributed by atoms with van der Waals surface area (Å²) in [6.45, 7) is 22.1. The van der Waals surface area contributed by atoms with E-state index in [2.05, 4.69) is 80.0 Å². The van der Waals surface area contributed by atoms with Crippen LogP contribution in [0.25, 0.3) is 0 Å². The quantitative estimate of drug-likeness (QED) is 0.244. The first-order chi connectivity index (χ1) is 18.8. The van der Waals surface area contributed by atoms with Crippen molar-refractivity contribution < 1.29 is 9.13 Å². The Labute approximate surface area is 242 Å². The van der Waals surface area contributed by atoms with Gasteiger partial charge in [0.1, 0.15) is 11.7 Å². The lowest BCUT2D eigenvalue weighted by Crippen LogP contribution is -2.46. The third-order valence-corrected chi connectivity index (χ3v) is 6.07. The molecular weight excluding hydrogens is 501 g/mol. The zero-order chi connectivity index (χ0) is 30.5. The molecule has 2 atom stereocenters. The minimum atomic E-state index is -0.502. The maximum Gasteiger partial charge on any atom is 0.180 e. The number of aliphatic imine (C=N–C) groups is 1. The number of pyridine rings is 1. The van der Waals surface area contributed by atoms with Gasteiger partial charge < -0.3 is 15.4 Å². The van der Waals surface area contributed by atoms with Crippen molar-refractivity contribution in [2.75, 3.05) is 12.4 Å². The fraction of sp³-hybridized carbons (Fsp3) is 0.545. The van der Waals surface area contributed by atoms with E-state index in [4.69, 9.17) is 10.00 Å². The van der Waals surface area contributed by atoms with Crippen LogP contribution in [0.1, 0.15) is 95.2 Å². The zero-order valence-electron chi connectivity index (χ0n) is 26.3. The molecule has 0 aliphatic heterocycles. The third kappa shape index (κ3) is 12.2. The van der Waals surface area contributed by atoms with Crippen molar-refractivity contribution in [2.24, 2.45) is 10.9 Å². The van der Waals surface area contributed by atoms with E-state index in [-0.39, 0.29) is 29.1 Å². The van der Waals surface area contributed by atoms with E-state index in [0.717, 1.165) is 19.3 Å². The minimum absolute atomic E-state index is 0.00894. The summed E-state index contributed by atoms with van der Waals surface area (Å²) in [5, 5.41) is 15.6. The second-order valence-electron chi connectivity index (χ2n) is 11.3. The van der Waals surface area contributed by atoms with Gasteiger partial charge >= 0.3 is 0 Å². The molecule has 2 unspecified atom stereocenters. The van der Waals surface area contributed by atoms with E-state index in [9.17, 15) is 4.39 Å². The second-order valence-corrected chi connectivity index (χ2v) is 11.3. The van der Waals surface area contributed by atoms with Gasteiger partial charge in [0.2, 0.25) is 0 Å². The molecule has 2 aromatic rings. The van der Waals surface area contributed by atoms with Crippen LogP contribution in [0.15, 0.2) is 41.7 Å². The van der Waals surface area contributed by atoms with E-state index >= 15 is 0 Å². The van der Waals surface area contributed by atoms with Gasteiger partial charge in [-0.2, -0.15) is 5.26 Å². The first-order valence-corrected chi connectivity index (χ1v) is 14.3. The number of nitriles is 1. The minimum Gasteiger partial charge on any atom is -0.474 e. The molecule has 1 aliphatic carbocycles. The SMILES string of the molecule is C=C(NC(CC)C(Nc1nc(C)c(C#N)cc1F)C1CC1)OC(C)(C)C.CCC.CN=Cc1cc(C)ccc1C. The summed E-state index contributed by atoms with van der Waals surface area (Å²) in [6, 6.07) is 9.62. The number of aryl methyl sites for hydroxylation is 3. The Bertz CT molecular complexity index is 1160. The highest BCUT2D eigenvalue weighted by molar-refractivity contribution is 5.81. The Balaban J connectivity index is 0.000000472. The average Bonchev–Trinajstić information content (AvgIpc) is 3.70. The van der Waals surface area contributed by atoms with Gasteiger partial charge in [-0.05, 0) is 90.5 Å². The van der Waals surface area contributed by atoms with E-state index in [0.29, 0.717) is 17.5 Å². The van der Waals surface area contributed by atoms with Crippen LogP contribution in [0, 0.1) is 43.8 Å². The molecule has 1 aromatic heterocycles. The molecule has 0 bridgehead atoms. The summed E-state index contributed by atoms with van der Waals surface area (Å²) >= 11 is 0. The van der Waals surface area contributed by atoms with Crippen molar-refractivity contribution in [3.63, 3.8) is 0 Å². The van der Waals surface area contributed by atoms with E-state index < -0.39 is 5.82 Å². The number of rotatable bonds is 9. The monoisotopic (exact) mass is 551 g/mol. The molecule has 40 heavy (non-hydrogen) atoms. The second kappa shape index (κ2) is 16.6. The van der Waals surface area contributed by atoms with Crippen LogP contribution in [-0.4, -0.2) is 35.9 Å². The Kier molecular flexibility index (Phi) is 14.4. The van der Waals surface area contributed by atoms with Crippen molar-refractivity contribution >= 4 is 12.0 Å². The van der Waals surface area contributed by atoms with Crippen molar-refractivity contribution in [1.29, 1.82) is 5.26 Å². The number of halogens is 1. The van der Waals surface area contributed by atoms with Gasteiger partial charge in [0.15, 0.2) is 17.5 Å². The van der Waals surface area contributed by atoms with Crippen LogP contribution in [0.3, 0.4) is 0 Å². The molecule has 1 saturated carbocycles. The zero-order valence-corrected chi connectivity index (χ0v) is 26.3. The van der Waals surface area contributed by atoms with Crippen molar-refractivity contribution in [2.45, 2.75) is 106 Å². The highest BCUT2D eigenvalue weighted by Gasteiger charge is 2.37. The normalized spacial score (nSPS) is 14.1. The Morgan fingerprint density at radius 2 is 1.85 bits per heavy atom. The Hall–Kier alpha value is -3.40. The van der Waals surface area contributed by atoms with Crippen LogP contribution in [0.4, 0.5) is 10.2 Å². The fourth-order valence-corrected chi connectivity index (χ4v) is 4.05. The highest BCUT2D eigenvalue weighted by atomic mass is 19.1. The highest BCUT2D eigenvalue weighted by Crippen LogP contribution is 2.37. The lowest BCUT2D eigenvalue weighted by atomic mass is 10.0. The van der Waals surface area contributed by atoms with Crippen LogP contribution in [0.5, 0.6) is 0 Å². The van der Waals surface area contributed by atoms with Crippen LogP contribution >= 0.6 is 0 Å². The molecule has 3 rings (SSSR count). The first kappa shape index (κ1) is 34.6. The van der Waals surface area contributed by atoms with Crippen LogP contribution in [-0.2, 0) is 4.74 Å². The lowest BCUT2D eigenvalue weighted by molar-refractivity contribution is 0.0372. The number of benzene rings is 1. The molecule has 1 aliphatic rings. The van der Waals surface area contributed by atoms with Crippen LogP contribution in [0.2, 0.25) is 0 Å². The van der Waals surface area contributed by atoms with Gasteiger partial charge in [-0.15, -0.1) is 0 Å². The third-order valence-electron chi connectivity index (χ3n) is 6.07. The average molecular weight is 552 g/mol. The van der Waals surface area contributed by atoms with Crippen molar-refractivity contribution in [3.8, 4) is 6.07 Å². The molecule has 1 fully saturated rings. The molecule has 0 spiro atoms. The Morgan fingerprint density at radius 3 is 2.35 bits per heavy atom. The van der Waals surface area contributed by atoms with E-state index in [1.165, 1.54) is 29.2 Å². The number of anilines is 1. The maximum atomic E-state index is 14.4. The predicted molar refractivity (Wildman–Crippen MR) is 166 cm³/mol. The van der Waals surface area contributed by atoms with Crippen molar-refractivity contribution in [3.05, 3.63) is 70.5 Å². The largest absolute Gasteiger partial charge is 0.474 e. The molecule has 2 N–H and O–H groups in total. The van der Waals surface area contributed by atoms with Gasteiger partial charge in [-0.3, -0.25) is 4.99 Å². The van der Waals surface area contributed by atoms with Gasteiger partial charge in [0, 0.05) is 19.3 Å². The summed E-state index contributed by atoms with van der Waals surface area (Å²) in [4.78, 5) is 8.24. The smallest absolute Gasteiger partial charge is 0.180 e. The lowest BCUT2D eigenvalue weighted by Gasteiger charge is -2.32. The summed E-state index contributed by atoms with van der Waals surface area (Å²) in [6.07, 6.45) is 6.17. The number of aromatic nitrogens is 1. The summed E-state index contributed by atoms with van der Waals surface area (Å²) in [7, 11) is 1.79. The van der Waals surface area contributed by atoms with Gasteiger partial charge in [-0.1, -0.05) is 51.0 Å². The van der Waals surface area contributed by atoms with Gasteiger partial charge in [-0.25, -0.2) is 9.37 Å². The molecular formula is C33H50FN5O. The number of nitrogens with one attached hydrogen (secondary N) is 2. The molecule has 0 saturated heterocycles. The number of hydrogen-bond acceptors (Lipinski definition) is 6. The van der Waals surface area contributed by atoms with Gasteiger partial charge in [0.25, 0.3) is 0 Å². The van der Waals surface area contributed by atoms with Gasteiger partial charge in [0.05, 0.1) is 17.3 Å². The molecule has 6 nitrogen and oxygen atoms in total. The summed E-state index contributed by atoms with van der Waals surface area (Å²) < 4.78 is 20.2. The maximum absolute atomic E-state index is 14.4. The van der Waals surface area contributed by atoms with E-state index in [1.807, 2.05) is 33.1 Å².